The second kappa shape index (κ2) is 8.00. The number of aryl methyl sites for hydroxylation is 1. The highest BCUT2D eigenvalue weighted by Crippen LogP contribution is 2.29. The lowest BCUT2D eigenvalue weighted by Crippen LogP contribution is -2.38. The minimum Gasteiger partial charge on any atom is -0.465 e. The molecule has 0 amide bonds. The summed E-state index contributed by atoms with van der Waals surface area (Å²) in [5.74, 6) is 2.97. The molecule has 3 heteroatoms. The van der Waals surface area contributed by atoms with E-state index in [4.69, 9.17) is 4.42 Å². The minimum absolute atomic E-state index is 0.731. The quantitative estimate of drug-likeness (QED) is 0.767. The first-order chi connectivity index (χ1) is 10.1. The van der Waals surface area contributed by atoms with Gasteiger partial charge in [0.25, 0.3) is 0 Å². The lowest BCUT2D eigenvalue weighted by Gasteiger charge is -2.36. The smallest absolute Gasteiger partial charge is 0.118 e. The van der Waals surface area contributed by atoms with E-state index in [-0.39, 0.29) is 0 Å². The lowest BCUT2D eigenvalue weighted by molar-refractivity contribution is 0.133. The fourth-order valence-corrected chi connectivity index (χ4v) is 3.56. The molecule has 0 spiro atoms. The Morgan fingerprint density at radius 3 is 2.81 bits per heavy atom. The van der Waals surface area contributed by atoms with Crippen molar-refractivity contribution >= 4 is 0 Å². The summed E-state index contributed by atoms with van der Waals surface area (Å²) < 4.78 is 5.89. The molecule has 1 aromatic heterocycles. The highest BCUT2D eigenvalue weighted by atomic mass is 16.3. The predicted molar refractivity (Wildman–Crippen MR) is 88.3 cm³/mol. The van der Waals surface area contributed by atoms with Crippen LogP contribution in [0.5, 0.6) is 0 Å². The second-order valence-electron chi connectivity index (χ2n) is 6.72. The third-order valence-corrected chi connectivity index (χ3v) is 4.85. The Bertz CT molecular complexity index is 427. The summed E-state index contributed by atoms with van der Waals surface area (Å²) in [6, 6.07) is 2.97. The molecule has 1 aliphatic rings. The van der Waals surface area contributed by atoms with Gasteiger partial charge < -0.3 is 9.73 Å². The molecule has 2 unspecified atom stereocenters. The van der Waals surface area contributed by atoms with E-state index >= 15 is 0 Å². The van der Waals surface area contributed by atoms with Crippen molar-refractivity contribution in [1.82, 2.24) is 10.2 Å². The van der Waals surface area contributed by atoms with Gasteiger partial charge in [-0.25, -0.2) is 0 Å². The maximum absolute atomic E-state index is 5.89. The molecule has 1 N–H and O–H groups in total. The minimum atomic E-state index is 0.731. The summed E-state index contributed by atoms with van der Waals surface area (Å²) in [5, 5.41) is 3.41. The molecule has 21 heavy (non-hydrogen) atoms. The Kier molecular flexibility index (Phi) is 6.31. The van der Waals surface area contributed by atoms with Crippen LogP contribution in [0.1, 0.15) is 63.0 Å². The monoisotopic (exact) mass is 292 g/mol. The average molecular weight is 292 g/mol. The zero-order valence-corrected chi connectivity index (χ0v) is 14.2. The maximum atomic E-state index is 5.89. The van der Waals surface area contributed by atoms with Crippen LogP contribution in [0.15, 0.2) is 10.5 Å². The molecule has 3 nitrogen and oxygen atoms in total. The van der Waals surface area contributed by atoms with E-state index in [0.29, 0.717) is 0 Å². The Morgan fingerprint density at radius 2 is 2.10 bits per heavy atom. The van der Waals surface area contributed by atoms with E-state index in [1.807, 2.05) is 0 Å². The number of nitrogens with zero attached hydrogens (tertiary/aromatic N) is 1. The Balaban J connectivity index is 1.92. The van der Waals surface area contributed by atoms with Crippen LogP contribution in [-0.4, -0.2) is 24.5 Å². The van der Waals surface area contributed by atoms with Crippen LogP contribution in [-0.2, 0) is 13.1 Å². The van der Waals surface area contributed by atoms with Crippen LogP contribution in [0, 0.1) is 12.8 Å². The number of nitrogens with one attached hydrogen (secondary N) is 1. The third kappa shape index (κ3) is 4.58. The number of hydrogen-bond acceptors (Lipinski definition) is 3. The number of rotatable bonds is 7. The molecule has 2 atom stereocenters. The molecular formula is C18H32N2O. The summed E-state index contributed by atoms with van der Waals surface area (Å²) in [6.07, 6.45) is 6.68. The summed E-state index contributed by atoms with van der Waals surface area (Å²) in [5.41, 5.74) is 1.35. The van der Waals surface area contributed by atoms with Gasteiger partial charge >= 0.3 is 0 Å². The Morgan fingerprint density at radius 1 is 1.33 bits per heavy atom. The van der Waals surface area contributed by atoms with Gasteiger partial charge in [0.1, 0.15) is 11.5 Å². The highest BCUT2D eigenvalue weighted by molar-refractivity contribution is 5.20. The van der Waals surface area contributed by atoms with Crippen LogP contribution in [0.3, 0.4) is 0 Å². The molecule has 1 fully saturated rings. The number of furan rings is 1. The lowest BCUT2D eigenvalue weighted by atomic mass is 9.85. The van der Waals surface area contributed by atoms with E-state index in [9.17, 15) is 0 Å². The van der Waals surface area contributed by atoms with Gasteiger partial charge in [0.05, 0.1) is 6.54 Å². The van der Waals surface area contributed by atoms with Crippen LogP contribution >= 0.6 is 0 Å². The molecule has 1 saturated carbocycles. The first-order valence-corrected chi connectivity index (χ1v) is 8.61. The van der Waals surface area contributed by atoms with Crippen molar-refractivity contribution in [3.63, 3.8) is 0 Å². The Labute approximate surface area is 130 Å². The maximum Gasteiger partial charge on any atom is 0.118 e. The van der Waals surface area contributed by atoms with Crippen molar-refractivity contribution in [3.05, 3.63) is 23.2 Å². The summed E-state index contributed by atoms with van der Waals surface area (Å²) in [7, 11) is 2.27. The van der Waals surface area contributed by atoms with Crippen molar-refractivity contribution in [2.45, 2.75) is 72.0 Å². The van der Waals surface area contributed by atoms with Crippen LogP contribution < -0.4 is 5.32 Å². The van der Waals surface area contributed by atoms with Gasteiger partial charge in [-0.1, -0.05) is 26.7 Å². The van der Waals surface area contributed by atoms with E-state index in [1.54, 1.807) is 0 Å². The fourth-order valence-electron chi connectivity index (χ4n) is 3.56. The van der Waals surface area contributed by atoms with Gasteiger partial charge in [-0.15, -0.1) is 0 Å². The molecule has 0 bridgehead atoms. The molecule has 0 saturated heterocycles. The molecule has 2 rings (SSSR count). The van der Waals surface area contributed by atoms with Gasteiger partial charge in [0.15, 0.2) is 0 Å². The van der Waals surface area contributed by atoms with Crippen molar-refractivity contribution in [2.75, 3.05) is 13.6 Å². The summed E-state index contributed by atoms with van der Waals surface area (Å²) >= 11 is 0. The standard InChI is InChI=1S/C18H32N2O/c1-5-10-19-12-17-11-16(15(3)21-17)13-20(4)18-9-7-6-8-14(18)2/h11,14,18-19H,5-10,12-13H2,1-4H3. The normalized spacial score (nSPS) is 22.9. The molecule has 0 aliphatic heterocycles. The topological polar surface area (TPSA) is 28.4 Å². The third-order valence-electron chi connectivity index (χ3n) is 4.85. The van der Waals surface area contributed by atoms with Crippen molar-refractivity contribution in [3.8, 4) is 0 Å². The van der Waals surface area contributed by atoms with Crippen LogP contribution in [0.4, 0.5) is 0 Å². The highest BCUT2D eigenvalue weighted by Gasteiger charge is 2.25. The first kappa shape index (κ1) is 16.6. The van der Waals surface area contributed by atoms with E-state index < -0.39 is 0 Å². The molecule has 1 aliphatic carbocycles. The molecule has 120 valence electrons. The largest absolute Gasteiger partial charge is 0.465 e. The van der Waals surface area contributed by atoms with E-state index in [2.05, 4.69) is 44.1 Å². The first-order valence-electron chi connectivity index (χ1n) is 8.61. The van der Waals surface area contributed by atoms with Gasteiger partial charge in [-0.05, 0) is 51.8 Å². The number of hydrogen-bond donors (Lipinski definition) is 1. The van der Waals surface area contributed by atoms with Crippen molar-refractivity contribution in [2.24, 2.45) is 5.92 Å². The predicted octanol–water partition coefficient (Wildman–Crippen LogP) is 4.10. The van der Waals surface area contributed by atoms with Crippen molar-refractivity contribution < 1.29 is 4.42 Å². The molecule has 1 aromatic rings. The van der Waals surface area contributed by atoms with E-state index in [1.165, 1.54) is 31.2 Å². The van der Waals surface area contributed by atoms with Gasteiger partial charge in [-0.2, -0.15) is 0 Å². The summed E-state index contributed by atoms with van der Waals surface area (Å²) in [4.78, 5) is 2.53. The average Bonchev–Trinajstić information content (AvgIpc) is 2.80. The second-order valence-corrected chi connectivity index (χ2v) is 6.72. The van der Waals surface area contributed by atoms with E-state index in [0.717, 1.165) is 49.5 Å². The zero-order valence-electron chi connectivity index (χ0n) is 14.2. The van der Waals surface area contributed by atoms with Gasteiger partial charge in [0.2, 0.25) is 0 Å². The molecular weight excluding hydrogens is 260 g/mol. The zero-order chi connectivity index (χ0) is 15.2. The molecule has 0 radical (unpaired) electrons. The van der Waals surface area contributed by atoms with Gasteiger partial charge in [-0.3, -0.25) is 4.90 Å². The van der Waals surface area contributed by atoms with Crippen LogP contribution in [0.2, 0.25) is 0 Å². The molecule has 1 heterocycles. The van der Waals surface area contributed by atoms with Crippen LogP contribution in [0.25, 0.3) is 0 Å². The van der Waals surface area contributed by atoms with Gasteiger partial charge in [0, 0.05) is 18.2 Å². The SMILES string of the molecule is CCCNCc1cc(CN(C)C2CCCCC2C)c(C)o1. The molecule has 0 aromatic carbocycles. The Hall–Kier alpha value is -0.800. The van der Waals surface area contributed by atoms with Crippen molar-refractivity contribution in [1.29, 1.82) is 0 Å². The fraction of sp³-hybridized carbons (Fsp3) is 0.778. The summed E-state index contributed by atoms with van der Waals surface area (Å²) in [6.45, 7) is 9.59.